The van der Waals surface area contributed by atoms with Crippen LogP contribution >= 0.6 is 0 Å². The Hall–Kier alpha value is -3.30. The number of hydrogen-bond acceptors (Lipinski definition) is 7. The molecule has 10 nitrogen and oxygen atoms in total. The van der Waals surface area contributed by atoms with Crippen molar-refractivity contribution in [3.05, 3.63) is 41.6 Å². The van der Waals surface area contributed by atoms with Crippen molar-refractivity contribution in [1.82, 2.24) is 34.9 Å². The lowest BCUT2D eigenvalue weighted by atomic mass is 9.55. The average molecular weight is 490 g/mol. The van der Waals surface area contributed by atoms with Crippen molar-refractivity contribution in [3.63, 3.8) is 0 Å². The number of amides is 1. The minimum absolute atomic E-state index is 0.00658. The number of nitrogens with one attached hydrogen (secondary N) is 1. The number of carbonyl (C=O) groups excluding carboxylic acids is 2. The molecular formula is C26H31N7O3. The van der Waals surface area contributed by atoms with Crippen LogP contribution in [0.2, 0.25) is 0 Å². The van der Waals surface area contributed by atoms with Crippen LogP contribution in [-0.4, -0.2) is 54.6 Å². The van der Waals surface area contributed by atoms with E-state index in [1.54, 1.807) is 6.92 Å². The molecule has 1 N–H and O–H groups in total. The Labute approximate surface area is 208 Å². The molecule has 5 atom stereocenters. The highest BCUT2D eigenvalue weighted by Crippen LogP contribution is 2.78. The molecule has 1 amide bonds. The van der Waals surface area contributed by atoms with E-state index in [0.29, 0.717) is 41.4 Å². The van der Waals surface area contributed by atoms with Gasteiger partial charge in [0.15, 0.2) is 5.82 Å². The highest BCUT2D eigenvalue weighted by molar-refractivity contribution is 5.93. The van der Waals surface area contributed by atoms with E-state index in [0.717, 1.165) is 24.3 Å². The second kappa shape index (κ2) is 7.85. The molecule has 36 heavy (non-hydrogen) atoms. The summed E-state index contributed by atoms with van der Waals surface area (Å²) in [7, 11) is 0. The van der Waals surface area contributed by atoms with E-state index in [4.69, 9.17) is 4.74 Å². The van der Waals surface area contributed by atoms with Crippen LogP contribution in [0.15, 0.2) is 24.4 Å². The zero-order valence-corrected chi connectivity index (χ0v) is 20.5. The summed E-state index contributed by atoms with van der Waals surface area (Å²) in [5.41, 5.74) is 2.87. The van der Waals surface area contributed by atoms with Gasteiger partial charge >= 0.3 is 5.97 Å². The Kier molecular flexibility index (Phi) is 4.78. The Balaban J connectivity index is 1.07. The molecule has 1 spiro atoms. The molecule has 0 aliphatic heterocycles. The van der Waals surface area contributed by atoms with Gasteiger partial charge in [0.2, 0.25) is 0 Å². The monoisotopic (exact) mass is 489 g/mol. The Morgan fingerprint density at radius 3 is 3.00 bits per heavy atom. The number of rotatable bonds is 8. The third-order valence-electron chi connectivity index (χ3n) is 9.51. The summed E-state index contributed by atoms with van der Waals surface area (Å²) in [6, 6.07) is 5.58. The molecule has 0 aromatic carbocycles. The predicted octanol–water partition coefficient (Wildman–Crippen LogP) is 2.42. The number of nitrogens with zero attached hydrogens (tertiary/aromatic N) is 6. The second-order valence-electron chi connectivity index (χ2n) is 11.5. The smallest absolute Gasteiger partial charge is 0.313 e. The average Bonchev–Trinajstić information content (AvgIpc) is 3.55. The molecule has 3 bridgehead atoms. The second-order valence-corrected chi connectivity index (χ2v) is 11.5. The van der Waals surface area contributed by atoms with Crippen molar-refractivity contribution >= 4 is 17.5 Å². The molecule has 4 aliphatic rings. The maximum Gasteiger partial charge on any atom is 0.313 e. The first-order valence-corrected chi connectivity index (χ1v) is 13.1. The van der Waals surface area contributed by atoms with Gasteiger partial charge in [0, 0.05) is 12.7 Å². The SMILES string of the molecule is CCOC(=O)Cc1nnnn1Cc1cn2c(C(=O)NCC34CC5CC6CC(C3)C6(C5)C4)cccc2n1. The van der Waals surface area contributed by atoms with Gasteiger partial charge in [0.1, 0.15) is 17.8 Å². The van der Waals surface area contributed by atoms with Gasteiger partial charge < -0.3 is 10.1 Å². The number of ether oxygens (including phenoxy) is 1. The molecule has 5 unspecified atom stereocenters. The molecule has 188 valence electrons. The molecule has 3 aromatic rings. The van der Waals surface area contributed by atoms with Crippen molar-refractivity contribution < 1.29 is 14.3 Å². The number of pyridine rings is 1. The number of hydrogen-bond donors (Lipinski definition) is 1. The molecule has 4 fully saturated rings. The third-order valence-corrected chi connectivity index (χ3v) is 9.51. The first-order chi connectivity index (χ1) is 17.5. The van der Waals surface area contributed by atoms with E-state index in [1.807, 2.05) is 28.8 Å². The first-order valence-electron chi connectivity index (χ1n) is 13.1. The molecule has 0 saturated heterocycles. The zero-order valence-electron chi connectivity index (χ0n) is 20.5. The van der Waals surface area contributed by atoms with E-state index in [1.165, 1.54) is 43.2 Å². The minimum Gasteiger partial charge on any atom is -0.466 e. The summed E-state index contributed by atoms with van der Waals surface area (Å²) in [5.74, 6) is 2.70. The fraction of sp³-hybridized carbons (Fsp3) is 0.615. The molecule has 3 aromatic heterocycles. The summed E-state index contributed by atoms with van der Waals surface area (Å²) >= 11 is 0. The van der Waals surface area contributed by atoms with E-state index in [2.05, 4.69) is 25.8 Å². The number of fused-ring (bicyclic) bond motifs is 3. The lowest BCUT2D eigenvalue weighted by Crippen LogP contribution is -2.43. The first kappa shape index (κ1) is 21.9. The standard InChI is InChI=1S/C26H31N7O3/c1-2-36-23(34)8-22-29-30-31-33(22)13-19-12-32-20(4-3-5-21(32)28-19)24(35)27-15-25-9-16-6-17-7-18(11-25)26(17,10-16)14-25/h3-5,12,16-18H,2,6-11,13-15H2,1H3,(H,27,35). The van der Waals surface area contributed by atoms with Gasteiger partial charge in [0.05, 0.1) is 18.8 Å². The van der Waals surface area contributed by atoms with Crippen LogP contribution in [0.3, 0.4) is 0 Å². The number of imidazole rings is 1. The van der Waals surface area contributed by atoms with Gasteiger partial charge in [-0.2, -0.15) is 0 Å². The van der Waals surface area contributed by atoms with Crippen LogP contribution in [0, 0.1) is 28.6 Å². The predicted molar refractivity (Wildman–Crippen MR) is 128 cm³/mol. The summed E-state index contributed by atoms with van der Waals surface area (Å²) < 4.78 is 8.37. The minimum atomic E-state index is -0.377. The van der Waals surface area contributed by atoms with Crippen LogP contribution < -0.4 is 5.32 Å². The van der Waals surface area contributed by atoms with E-state index >= 15 is 0 Å². The Morgan fingerprint density at radius 2 is 2.11 bits per heavy atom. The summed E-state index contributed by atoms with van der Waals surface area (Å²) in [5, 5.41) is 14.9. The van der Waals surface area contributed by atoms with Gasteiger partial charge in [0.25, 0.3) is 5.91 Å². The van der Waals surface area contributed by atoms with Crippen molar-refractivity contribution in [3.8, 4) is 0 Å². The quantitative estimate of drug-likeness (QED) is 0.483. The van der Waals surface area contributed by atoms with E-state index in [9.17, 15) is 9.59 Å². The number of tetrazole rings is 1. The van der Waals surface area contributed by atoms with Gasteiger partial charge in [-0.05, 0) is 96.6 Å². The molecular weight excluding hydrogens is 458 g/mol. The van der Waals surface area contributed by atoms with Crippen LogP contribution in [-0.2, 0) is 22.5 Å². The summed E-state index contributed by atoms with van der Waals surface area (Å²) in [4.78, 5) is 29.9. The van der Waals surface area contributed by atoms with Gasteiger partial charge in [-0.15, -0.1) is 5.10 Å². The zero-order chi connectivity index (χ0) is 24.5. The summed E-state index contributed by atoms with van der Waals surface area (Å²) in [6.07, 6.45) is 10.0. The Morgan fingerprint density at radius 1 is 1.19 bits per heavy atom. The van der Waals surface area contributed by atoms with Crippen LogP contribution in [0.5, 0.6) is 0 Å². The molecule has 10 heteroatoms. The third kappa shape index (κ3) is 3.29. The molecule has 4 saturated carbocycles. The topological polar surface area (TPSA) is 116 Å². The number of aromatic nitrogens is 6. The Bertz CT molecular complexity index is 1360. The fourth-order valence-corrected chi connectivity index (χ4v) is 8.39. The number of carbonyl (C=O) groups is 2. The van der Waals surface area contributed by atoms with Crippen molar-refractivity contribution in [2.45, 2.75) is 58.4 Å². The van der Waals surface area contributed by atoms with Gasteiger partial charge in [-0.1, -0.05) is 6.07 Å². The lowest BCUT2D eigenvalue weighted by molar-refractivity contribution is -0.142. The normalized spacial score (nSPS) is 31.4. The van der Waals surface area contributed by atoms with E-state index in [-0.39, 0.29) is 23.7 Å². The maximum absolute atomic E-state index is 13.4. The van der Waals surface area contributed by atoms with Crippen LogP contribution in [0.25, 0.3) is 5.65 Å². The molecule has 0 radical (unpaired) electrons. The molecule has 3 heterocycles. The molecule has 7 rings (SSSR count). The maximum atomic E-state index is 13.4. The van der Waals surface area contributed by atoms with Crippen LogP contribution in [0.4, 0.5) is 0 Å². The van der Waals surface area contributed by atoms with Crippen molar-refractivity contribution in [1.29, 1.82) is 0 Å². The largest absolute Gasteiger partial charge is 0.466 e. The van der Waals surface area contributed by atoms with Gasteiger partial charge in [-0.25, -0.2) is 9.67 Å². The van der Waals surface area contributed by atoms with E-state index < -0.39 is 0 Å². The highest BCUT2D eigenvalue weighted by Gasteiger charge is 2.70. The van der Waals surface area contributed by atoms with Gasteiger partial charge in [-0.3, -0.25) is 14.0 Å². The highest BCUT2D eigenvalue weighted by atomic mass is 16.5. The van der Waals surface area contributed by atoms with Crippen LogP contribution in [0.1, 0.15) is 67.5 Å². The molecule has 4 aliphatic carbocycles. The summed E-state index contributed by atoms with van der Waals surface area (Å²) in [6.45, 7) is 3.13. The lowest BCUT2D eigenvalue weighted by Gasteiger charge is -2.49. The number of esters is 1. The fourth-order valence-electron chi connectivity index (χ4n) is 8.39. The van der Waals surface area contributed by atoms with Crippen molar-refractivity contribution in [2.75, 3.05) is 13.2 Å². The van der Waals surface area contributed by atoms with Crippen molar-refractivity contribution in [2.24, 2.45) is 28.6 Å².